The highest BCUT2D eigenvalue weighted by molar-refractivity contribution is 5.39. The first-order chi connectivity index (χ1) is 6.74. The number of nitrogens with two attached hydrogens (primary N) is 1. The van der Waals surface area contributed by atoms with E-state index in [-0.39, 0.29) is 0 Å². The molecule has 2 heterocycles. The molecule has 1 aliphatic rings. The number of H-pyrrole nitrogens is 1. The molecule has 3 nitrogen and oxygen atoms in total. The lowest BCUT2D eigenvalue weighted by Gasteiger charge is -2.16. The van der Waals surface area contributed by atoms with Crippen LogP contribution < -0.4 is 5.73 Å². The van der Waals surface area contributed by atoms with Crippen molar-refractivity contribution in [1.29, 1.82) is 0 Å². The van der Waals surface area contributed by atoms with Crippen LogP contribution in [0.4, 0.5) is 0 Å². The molecule has 1 atom stereocenters. The zero-order chi connectivity index (χ0) is 10.1. The van der Waals surface area contributed by atoms with Gasteiger partial charge in [-0.1, -0.05) is 6.92 Å². The van der Waals surface area contributed by atoms with E-state index >= 15 is 0 Å². The minimum atomic E-state index is 0.427. The highest BCUT2D eigenvalue weighted by Crippen LogP contribution is 2.29. The van der Waals surface area contributed by atoms with Crippen LogP contribution in [0, 0.1) is 6.92 Å². The molecule has 0 saturated heterocycles. The molecule has 3 N–H and O–H groups in total. The summed E-state index contributed by atoms with van der Waals surface area (Å²) in [5.41, 5.74) is 11.1. The summed E-state index contributed by atoms with van der Waals surface area (Å²) < 4.78 is 5.48. The third-order valence-electron chi connectivity index (χ3n) is 3.02. The SMILES string of the molecule is Cc1[nH]c2c(c1C(C)CN)COCC2. The van der Waals surface area contributed by atoms with Gasteiger partial charge in [-0.25, -0.2) is 0 Å². The summed E-state index contributed by atoms with van der Waals surface area (Å²) in [5, 5.41) is 0. The Morgan fingerprint density at radius 1 is 1.57 bits per heavy atom. The molecule has 2 rings (SSSR count). The van der Waals surface area contributed by atoms with Crippen LogP contribution in [0.2, 0.25) is 0 Å². The third-order valence-corrected chi connectivity index (χ3v) is 3.02. The summed E-state index contributed by atoms with van der Waals surface area (Å²) >= 11 is 0. The quantitative estimate of drug-likeness (QED) is 0.748. The lowest BCUT2D eigenvalue weighted by molar-refractivity contribution is 0.109. The van der Waals surface area contributed by atoms with E-state index in [4.69, 9.17) is 10.5 Å². The van der Waals surface area contributed by atoms with Gasteiger partial charge in [-0.2, -0.15) is 0 Å². The van der Waals surface area contributed by atoms with Crippen LogP contribution in [0.3, 0.4) is 0 Å². The van der Waals surface area contributed by atoms with Gasteiger partial charge in [-0.3, -0.25) is 0 Å². The maximum Gasteiger partial charge on any atom is 0.0737 e. The molecule has 0 fully saturated rings. The zero-order valence-electron chi connectivity index (χ0n) is 8.89. The Hall–Kier alpha value is -0.800. The molecule has 0 radical (unpaired) electrons. The Labute approximate surface area is 84.6 Å². The Bertz CT molecular complexity index is 330. The zero-order valence-corrected chi connectivity index (χ0v) is 8.89. The van der Waals surface area contributed by atoms with Gasteiger partial charge in [-0.05, 0) is 24.9 Å². The van der Waals surface area contributed by atoms with Crippen molar-refractivity contribution in [2.45, 2.75) is 32.8 Å². The smallest absolute Gasteiger partial charge is 0.0737 e. The topological polar surface area (TPSA) is 51.0 Å². The van der Waals surface area contributed by atoms with Crippen LogP contribution in [-0.4, -0.2) is 18.1 Å². The third kappa shape index (κ3) is 1.47. The molecule has 0 aromatic carbocycles. The Morgan fingerprint density at radius 2 is 2.36 bits per heavy atom. The van der Waals surface area contributed by atoms with Gasteiger partial charge in [-0.15, -0.1) is 0 Å². The molecule has 0 aliphatic carbocycles. The van der Waals surface area contributed by atoms with Crippen LogP contribution in [0.15, 0.2) is 0 Å². The van der Waals surface area contributed by atoms with Crippen molar-refractivity contribution in [3.05, 3.63) is 22.5 Å². The maximum absolute atomic E-state index is 5.71. The fraction of sp³-hybridized carbons (Fsp3) is 0.636. The van der Waals surface area contributed by atoms with Crippen LogP contribution in [0.25, 0.3) is 0 Å². The predicted molar refractivity (Wildman–Crippen MR) is 56.4 cm³/mol. The van der Waals surface area contributed by atoms with Crippen molar-refractivity contribution in [3.8, 4) is 0 Å². The summed E-state index contributed by atoms with van der Waals surface area (Å²) in [6, 6.07) is 0. The first-order valence-electron chi connectivity index (χ1n) is 5.22. The number of rotatable bonds is 2. The number of aromatic nitrogens is 1. The largest absolute Gasteiger partial charge is 0.376 e. The molecule has 1 unspecified atom stereocenters. The molecule has 78 valence electrons. The van der Waals surface area contributed by atoms with Gasteiger partial charge in [0.15, 0.2) is 0 Å². The van der Waals surface area contributed by atoms with Gasteiger partial charge in [0, 0.05) is 23.4 Å². The van der Waals surface area contributed by atoms with E-state index in [0.717, 1.165) is 19.6 Å². The molecule has 14 heavy (non-hydrogen) atoms. The number of aryl methyl sites for hydroxylation is 1. The minimum absolute atomic E-state index is 0.427. The number of hydrogen-bond donors (Lipinski definition) is 2. The summed E-state index contributed by atoms with van der Waals surface area (Å²) in [4.78, 5) is 3.44. The minimum Gasteiger partial charge on any atom is -0.376 e. The van der Waals surface area contributed by atoms with Crippen molar-refractivity contribution >= 4 is 0 Å². The normalized spacial score (nSPS) is 17.9. The van der Waals surface area contributed by atoms with E-state index in [2.05, 4.69) is 18.8 Å². The molecule has 0 spiro atoms. The van der Waals surface area contributed by atoms with Gasteiger partial charge >= 0.3 is 0 Å². The Kier molecular flexibility index (Phi) is 2.61. The molecule has 0 amide bonds. The van der Waals surface area contributed by atoms with Crippen molar-refractivity contribution in [3.63, 3.8) is 0 Å². The van der Waals surface area contributed by atoms with Crippen molar-refractivity contribution in [2.75, 3.05) is 13.2 Å². The average molecular weight is 194 g/mol. The summed E-state index contributed by atoms with van der Waals surface area (Å²) in [6.07, 6.45) is 1.01. The summed E-state index contributed by atoms with van der Waals surface area (Å²) in [7, 11) is 0. The van der Waals surface area contributed by atoms with E-state index in [0.29, 0.717) is 12.5 Å². The first-order valence-corrected chi connectivity index (χ1v) is 5.22. The summed E-state index contributed by atoms with van der Waals surface area (Å²) in [6.45, 7) is 6.58. The van der Waals surface area contributed by atoms with Crippen LogP contribution in [0.1, 0.15) is 35.4 Å². The fourth-order valence-electron chi connectivity index (χ4n) is 2.27. The maximum atomic E-state index is 5.71. The monoisotopic (exact) mass is 194 g/mol. The van der Waals surface area contributed by atoms with Gasteiger partial charge in [0.1, 0.15) is 0 Å². The average Bonchev–Trinajstić information content (AvgIpc) is 2.53. The first kappa shape index (κ1) is 9.74. The summed E-state index contributed by atoms with van der Waals surface area (Å²) in [5.74, 6) is 0.427. The van der Waals surface area contributed by atoms with E-state index in [1.165, 1.54) is 22.5 Å². The molecule has 0 saturated carbocycles. The van der Waals surface area contributed by atoms with Gasteiger partial charge in [0.2, 0.25) is 0 Å². The van der Waals surface area contributed by atoms with E-state index in [9.17, 15) is 0 Å². The van der Waals surface area contributed by atoms with Crippen molar-refractivity contribution in [1.82, 2.24) is 4.98 Å². The lowest BCUT2D eigenvalue weighted by Crippen LogP contribution is -2.14. The number of ether oxygens (including phenoxy) is 1. The standard InChI is InChI=1S/C11H18N2O/c1-7(5-12)11-8(2)13-10-3-4-14-6-9(10)11/h7,13H,3-6,12H2,1-2H3. The number of hydrogen-bond acceptors (Lipinski definition) is 2. The highest BCUT2D eigenvalue weighted by atomic mass is 16.5. The van der Waals surface area contributed by atoms with E-state index in [1.54, 1.807) is 0 Å². The second-order valence-electron chi connectivity index (χ2n) is 4.06. The van der Waals surface area contributed by atoms with Crippen molar-refractivity contribution < 1.29 is 4.74 Å². The second-order valence-corrected chi connectivity index (χ2v) is 4.06. The van der Waals surface area contributed by atoms with Crippen LogP contribution in [0.5, 0.6) is 0 Å². The lowest BCUT2D eigenvalue weighted by atomic mass is 9.95. The Morgan fingerprint density at radius 3 is 3.07 bits per heavy atom. The number of nitrogens with one attached hydrogen (secondary N) is 1. The molecule has 0 bridgehead atoms. The van der Waals surface area contributed by atoms with Gasteiger partial charge in [0.25, 0.3) is 0 Å². The number of fused-ring (bicyclic) bond motifs is 1. The second kappa shape index (κ2) is 3.75. The molecule has 1 aromatic rings. The Balaban J connectivity index is 2.42. The molecule has 1 aliphatic heterocycles. The van der Waals surface area contributed by atoms with Gasteiger partial charge < -0.3 is 15.5 Å². The molecular weight excluding hydrogens is 176 g/mol. The predicted octanol–water partition coefficient (Wildman–Crippen LogP) is 1.46. The number of aromatic amines is 1. The van der Waals surface area contributed by atoms with Crippen LogP contribution >= 0.6 is 0 Å². The molecule has 3 heteroatoms. The van der Waals surface area contributed by atoms with Gasteiger partial charge in [0.05, 0.1) is 13.2 Å². The molecular formula is C11H18N2O. The fourth-order valence-corrected chi connectivity index (χ4v) is 2.27. The van der Waals surface area contributed by atoms with E-state index in [1.807, 2.05) is 0 Å². The van der Waals surface area contributed by atoms with Crippen molar-refractivity contribution in [2.24, 2.45) is 5.73 Å². The van der Waals surface area contributed by atoms with Crippen LogP contribution in [-0.2, 0) is 17.8 Å². The van der Waals surface area contributed by atoms with E-state index < -0.39 is 0 Å². The molecule has 1 aromatic heterocycles. The highest BCUT2D eigenvalue weighted by Gasteiger charge is 2.21.